The fraction of sp³-hybridized carbons (Fsp3) is 0.316. The van der Waals surface area contributed by atoms with E-state index in [1.165, 1.54) is 0 Å². The molecule has 136 valence electrons. The van der Waals surface area contributed by atoms with Crippen LogP contribution in [0.25, 0.3) is 5.69 Å². The number of benzene rings is 1. The van der Waals surface area contributed by atoms with Gasteiger partial charge in [-0.15, -0.1) is 0 Å². The Bertz CT molecular complexity index is 893. The van der Waals surface area contributed by atoms with Gasteiger partial charge in [0.1, 0.15) is 5.82 Å². The third kappa shape index (κ3) is 3.93. The maximum absolute atomic E-state index is 12.1. The predicted octanol–water partition coefficient (Wildman–Crippen LogP) is 3.38. The molecule has 0 saturated heterocycles. The van der Waals surface area contributed by atoms with Crippen LogP contribution in [0.5, 0.6) is 0 Å². The van der Waals surface area contributed by atoms with E-state index < -0.39 is 0 Å². The number of hydrogen-bond acceptors (Lipinski definition) is 3. The van der Waals surface area contributed by atoms with Crippen molar-refractivity contribution in [3.05, 3.63) is 59.9 Å². The van der Waals surface area contributed by atoms with Crippen LogP contribution in [0, 0.1) is 20.8 Å². The summed E-state index contributed by atoms with van der Waals surface area (Å²) in [7, 11) is 0. The molecule has 0 saturated carbocycles. The first-order valence-electron chi connectivity index (χ1n) is 8.62. The van der Waals surface area contributed by atoms with E-state index in [2.05, 4.69) is 20.7 Å². The summed E-state index contributed by atoms with van der Waals surface area (Å²) in [4.78, 5) is 16.4. The molecular weight excluding hydrogens is 328 g/mol. The zero-order valence-electron chi connectivity index (χ0n) is 15.5. The highest BCUT2D eigenvalue weighted by molar-refractivity contribution is 5.89. The fourth-order valence-electron chi connectivity index (χ4n) is 2.95. The smallest absolute Gasteiger partial charge is 0.319 e. The van der Waals surface area contributed by atoms with Crippen LogP contribution in [0.15, 0.2) is 42.7 Å². The lowest BCUT2D eigenvalue weighted by Gasteiger charge is -2.16. The lowest BCUT2D eigenvalue weighted by atomic mass is 10.2. The Balaban J connectivity index is 1.55. The summed E-state index contributed by atoms with van der Waals surface area (Å²) in [6.07, 6.45) is 3.67. The maximum atomic E-state index is 12.1. The number of amides is 2. The number of carbonyl (C=O) groups excluding carboxylic acids is 1. The minimum atomic E-state index is -0.232. The fourth-order valence-corrected chi connectivity index (χ4v) is 2.95. The number of imidazole rings is 1. The third-order valence-electron chi connectivity index (χ3n) is 4.25. The summed E-state index contributed by atoms with van der Waals surface area (Å²) in [6, 6.07) is 9.52. The van der Waals surface area contributed by atoms with Crippen molar-refractivity contribution in [2.45, 2.75) is 33.7 Å². The van der Waals surface area contributed by atoms with Crippen LogP contribution in [-0.4, -0.2) is 31.9 Å². The van der Waals surface area contributed by atoms with Gasteiger partial charge in [0.05, 0.1) is 11.7 Å². The van der Waals surface area contributed by atoms with Gasteiger partial charge in [0.2, 0.25) is 0 Å². The largest absolute Gasteiger partial charge is 0.336 e. The number of nitrogens with one attached hydrogen (secondary N) is 2. The molecule has 2 heterocycles. The van der Waals surface area contributed by atoms with Crippen LogP contribution in [-0.2, 0) is 0 Å². The summed E-state index contributed by atoms with van der Waals surface area (Å²) in [5.41, 5.74) is 3.81. The monoisotopic (exact) mass is 352 g/mol. The first-order valence-corrected chi connectivity index (χ1v) is 8.62. The van der Waals surface area contributed by atoms with E-state index in [0.717, 1.165) is 28.6 Å². The second-order valence-corrected chi connectivity index (χ2v) is 6.45. The van der Waals surface area contributed by atoms with E-state index in [4.69, 9.17) is 0 Å². The number of hydrogen-bond donors (Lipinski definition) is 2. The van der Waals surface area contributed by atoms with Gasteiger partial charge >= 0.3 is 6.03 Å². The van der Waals surface area contributed by atoms with E-state index in [9.17, 15) is 4.79 Å². The molecule has 0 aliphatic carbocycles. The minimum Gasteiger partial charge on any atom is -0.336 e. The molecule has 7 heteroatoms. The van der Waals surface area contributed by atoms with Crippen LogP contribution < -0.4 is 10.6 Å². The van der Waals surface area contributed by atoms with Crippen LogP contribution in [0.3, 0.4) is 0 Å². The van der Waals surface area contributed by atoms with Crippen molar-refractivity contribution in [3.63, 3.8) is 0 Å². The molecule has 0 radical (unpaired) electrons. The molecule has 1 atom stereocenters. The normalized spacial score (nSPS) is 12.0. The standard InChI is InChI=1S/C19H24N6O/c1-13-11-14(2)25(23-13)15(3)12-21-19(26)22-17-5-7-18(8-6-17)24-10-9-20-16(24)4/h5-11,15H,12H2,1-4H3,(H2,21,22,26)/t15-/m0/s1. The van der Waals surface area contributed by atoms with E-state index in [-0.39, 0.29) is 12.1 Å². The molecule has 2 aromatic heterocycles. The molecule has 0 bridgehead atoms. The van der Waals surface area contributed by atoms with Crippen LogP contribution >= 0.6 is 0 Å². The molecule has 3 aromatic rings. The van der Waals surface area contributed by atoms with Gasteiger partial charge in [0.25, 0.3) is 0 Å². The zero-order valence-corrected chi connectivity index (χ0v) is 15.5. The molecule has 26 heavy (non-hydrogen) atoms. The van der Waals surface area contributed by atoms with Crippen molar-refractivity contribution in [2.24, 2.45) is 0 Å². The molecule has 0 spiro atoms. The molecule has 1 aromatic carbocycles. The number of anilines is 1. The topological polar surface area (TPSA) is 76.8 Å². The Hall–Kier alpha value is -3.09. The van der Waals surface area contributed by atoms with Crippen molar-refractivity contribution in [1.82, 2.24) is 24.6 Å². The Morgan fingerprint density at radius 2 is 1.92 bits per heavy atom. The van der Waals surface area contributed by atoms with Gasteiger partial charge in [-0.1, -0.05) is 0 Å². The van der Waals surface area contributed by atoms with E-state index in [0.29, 0.717) is 6.54 Å². The second kappa shape index (κ2) is 7.43. The molecule has 0 aliphatic rings. The molecule has 0 unspecified atom stereocenters. The van der Waals surface area contributed by atoms with E-state index in [1.54, 1.807) is 6.20 Å². The highest BCUT2D eigenvalue weighted by Gasteiger charge is 2.11. The zero-order chi connectivity index (χ0) is 18.7. The minimum absolute atomic E-state index is 0.0843. The van der Waals surface area contributed by atoms with Gasteiger partial charge in [-0.05, 0) is 58.0 Å². The van der Waals surface area contributed by atoms with Crippen LogP contribution in [0.4, 0.5) is 10.5 Å². The van der Waals surface area contributed by atoms with Crippen molar-refractivity contribution in [1.29, 1.82) is 0 Å². The number of rotatable bonds is 5. The van der Waals surface area contributed by atoms with Crippen molar-refractivity contribution in [3.8, 4) is 5.69 Å². The van der Waals surface area contributed by atoms with Gasteiger partial charge in [-0.2, -0.15) is 5.10 Å². The highest BCUT2D eigenvalue weighted by Crippen LogP contribution is 2.15. The summed E-state index contributed by atoms with van der Waals surface area (Å²) in [5, 5.41) is 10.2. The van der Waals surface area contributed by atoms with Gasteiger partial charge in [0, 0.05) is 36.0 Å². The summed E-state index contributed by atoms with van der Waals surface area (Å²) in [6.45, 7) is 8.46. The molecule has 0 aliphatic heterocycles. The molecule has 0 fully saturated rings. The molecule has 3 rings (SSSR count). The number of urea groups is 1. The van der Waals surface area contributed by atoms with Crippen molar-refractivity contribution in [2.75, 3.05) is 11.9 Å². The van der Waals surface area contributed by atoms with Gasteiger partial charge < -0.3 is 15.2 Å². The molecular formula is C19H24N6O. The maximum Gasteiger partial charge on any atom is 0.319 e. The third-order valence-corrected chi connectivity index (χ3v) is 4.25. The average molecular weight is 352 g/mol. The number of aromatic nitrogens is 4. The number of nitrogens with zero attached hydrogens (tertiary/aromatic N) is 4. The average Bonchev–Trinajstić information content (AvgIpc) is 3.18. The number of aryl methyl sites for hydroxylation is 3. The van der Waals surface area contributed by atoms with E-state index >= 15 is 0 Å². The van der Waals surface area contributed by atoms with Crippen molar-refractivity contribution >= 4 is 11.7 Å². The molecule has 2 amide bonds. The molecule has 2 N–H and O–H groups in total. The first-order chi connectivity index (χ1) is 12.4. The second-order valence-electron chi connectivity index (χ2n) is 6.45. The summed E-state index contributed by atoms with van der Waals surface area (Å²) >= 11 is 0. The Kier molecular flexibility index (Phi) is 5.06. The number of carbonyl (C=O) groups is 1. The van der Waals surface area contributed by atoms with Gasteiger partial charge in [-0.25, -0.2) is 9.78 Å². The summed E-state index contributed by atoms with van der Waals surface area (Å²) < 4.78 is 3.91. The Labute approximate surface area is 153 Å². The van der Waals surface area contributed by atoms with Crippen LogP contribution in [0.1, 0.15) is 30.2 Å². The Morgan fingerprint density at radius 3 is 2.50 bits per heavy atom. The quantitative estimate of drug-likeness (QED) is 0.739. The lowest BCUT2D eigenvalue weighted by molar-refractivity contribution is 0.250. The molecule has 7 nitrogen and oxygen atoms in total. The lowest BCUT2D eigenvalue weighted by Crippen LogP contribution is -2.33. The van der Waals surface area contributed by atoms with Gasteiger partial charge in [0.15, 0.2) is 0 Å². The highest BCUT2D eigenvalue weighted by atomic mass is 16.2. The predicted molar refractivity (Wildman–Crippen MR) is 102 cm³/mol. The van der Waals surface area contributed by atoms with Crippen molar-refractivity contribution < 1.29 is 4.79 Å². The summed E-state index contributed by atoms with van der Waals surface area (Å²) in [5.74, 6) is 0.918. The van der Waals surface area contributed by atoms with Gasteiger partial charge in [-0.3, -0.25) is 4.68 Å². The Morgan fingerprint density at radius 1 is 1.19 bits per heavy atom. The SMILES string of the molecule is Cc1cc(C)n([C@@H](C)CNC(=O)Nc2ccc(-n3ccnc3C)cc2)n1. The van der Waals surface area contributed by atoms with Crippen LogP contribution in [0.2, 0.25) is 0 Å². The van der Waals surface area contributed by atoms with E-state index in [1.807, 2.05) is 73.5 Å². The first kappa shape index (κ1) is 17.7.